The van der Waals surface area contributed by atoms with Crippen molar-refractivity contribution in [3.63, 3.8) is 0 Å². The molecule has 28 heavy (non-hydrogen) atoms. The van der Waals surface area contributed by atoms with E-state index in [-0.39, 0.29) is 5.91 Å². The maximum Gasteiger partial charge on any atom is 0.417 e. The average molecular weight is 418 g/mol. The number of halogens is 3. The van der Waals surface area contributed by atoms with E-state index >= 15 is 0 Å². The van der Waals surface area contributed by atoms with Gasteiger partial charge in [-0.2, -0.15) is 13.2 Å². The number of benzene rings is 1. The van der Waals surface area contributed by atoms with Gasteiger partial charge in [0.2, 0.25) is 0 Å². The molecule has 1 amide bonds. The molecule has 4 aromatic rings. The molecule has 0 bridgehead atoms. The molecule has 1 aromatic carbocycles. The minimum Gasteiger partial charge on any atom is -0.347 e. The molecule has 0 spiro atoms. The summed E-state index contributed by atoms with van der Waals surface area (Å²) in [5.74, 6) is -0.330. The Morgan fingerprint density at radius 2 is 1.89 bits per heavy atom. The Balaban J connectivity index is 1.75. The van der Waals surface area contributed by atoms with E-state index in [1.54, 1.807) is 0 Å². The molecule has 142 valence electrons. The largest absolute Gasteiger partial charge is 0.417 e. The first-order chi connectivity index (χ1) is 13.4. The number of aromatic nitrogens is 1. The van der Waals surface area contributed by atoms with Gasteiger partial charge in [-0.25, -0.2) is 0 Å². The molecule has 0 saturated carbocycles. The SMILES string of the molecule is O=C(NCc1ccccc1)c1sc2cc(C(F)(F)F)cnc2c1-c1cccs1. The molecule has 0 saturated heterocycles. The fourth-order valence-corrected chi connectivity index (χ4v) is 4.77. The predicted octanol–water partition coefficient (Wildman–Crippen LogP) is 5.97. The Kier molecular flexibility index (Phi) is 4.91. The van der Waals surface area contributed by atoms with Crippen molar-refractivity contribution in [2.45, 2.75) is 12.7 Å². The fourth-order valence-electron chi connectivity index (χ4n) is 2.80. The fraction of sp³-hybridized carbons (Fsp3) is 0.100. The Morgan fingerprint density at radius 3 is 2.57 bits per heavy atom. The van der Waals surface area contributed by atoms with Crippen molar-refractivity contribution >= 4 is 38.8 Å². The number of amides is 1. The van der Waals surface area contributed by atoms with Crippen molar-refractivity contribution in [2.24, 2.45) is 0 Å². The van der Waals surface area contributed by atoms with Crippen LogP contribution < -0.4 is 5.32 Å². The molecule has 0 aliphatic rings. The number of pyridine rings is 1. The van der Waals surface area contributed by atoms with Crippen LogP contribution in [0.5, 0.6) is 0 Å². The predicted molar refractivity (Wildman–Crippen MR) is 106 cm³/mol. The van der Waals surface area contributed by atoms with Gasteiger partial charge in [0.05, 0.1) is 15.8 Å². The van der Waals surface area contributed by atoms with Crippen LogP contribution in [0.4, 0.5) is 13.2 Å². The van der Waals surface area contributed by atoms with E-state index in [2.05, 4.69) is 10.3 Å². The number of nitrogens with zero attached hydrogens (tertiary/aromatic N) is 1. The average Bonchev–Trinajstić information content (AvgIpc) is 3.32. The van der Waals surface area contributed by atoms with Crippen molar-refractivity contribution in [3.05, 3.63) is 76.1 Å². The van der Waals surface area contributed by atoms with Crippen LogP contribution >= 0.6 is 22.7 Å². The highest BCUT2D eigenvalue weighted by molar-refractivity contribution is 7.22. The van der Waals surface area contributed by atoms with Crippen molar-refractivity contribution in [1.82, 2.24) is 10.3 Å². The van der Waals surface area contributed by atoms with E-state index in [1.807, 2.05) is 47.8 Å². The van der Waals surface area contributed by atoms with Crippen LogP contribution in [0, 0.1) is 0 Å². The summed E-state index contributed by atoms with van der Waals surface area (Å²) in [6.07, 6.45) is -3.66. The van der Waals surface area contributed by atoms with Crippen LogP contribution in [0.2, 0.25) is 0 Å². The number of alkyl halides is 3. The van der Waals surface area contributed by atoms with Gasteiger partial charge in [-0.05, 0) is 23.1 Å². The third kappa shape index (κ3) is 3.65. The molecule has 0 aliphatic carbocycles. The van der Waals surface area contributed by atoms with Crippen molar-refractivity contribution in [1.29, 1.82) is 0 Å². The standard InChI is InChI=1S/C20H13F3N2OS2/c21-20(22,23)13-9-15-17(24-11-13)16(14-7-4-8-27-14)18(28-15)19(26)25-10-12-5-2-1-3-6-12/h1-9,11H,10H2,(H,25,26). The van der Waals surface area contributed by atoms with Gasteiger partial charge in [-0.1, -0.05) is 36.4 Å². The summed E-state index contributed by atoms with van der Waals surface area (Å²) in [5, 5.41) is 4.71. The first-order valence-electron chi connectivity index (χ1n) is 8.29. The molecule has 3 heterocycles. The molecular formula is C20H13F3N2OS2. The van der Waals surface area contributed by atoms with Crippen LogP contribution in [-0.2, 0) is 12.7 Å². The summed E-state index contributed by atoms with van der Waals surface area (Å²) >= 11 is 2.44. The van der Waals surface area contributed by atoms with E-state index in [0.717, 1.165) is 34.0 Å². The summed E-state index contributed by atoms with van der Waals surface area (Å²) in [5.41, 5.74) is 1.10. The zero-order chi connectivity index (χ0) is 19.7. The number of hydrogen-bond acceptors (Lipinski definition) is 4. The van der Waals surface area contributed by atoms with Gasteiger partial charge in [-0.15, -0.1) is 22.7 Å². The van der Waals surface area contributed by atoms with E-state index in [9.17, 15) is 18.0 Å². The number of carbonyl (C=O) groups is 1. The third-order valence-corrected chi connectivity index (χ3v) is 6.14. The maximum atomic E-state index is 13.1. The minimum atomic E-state index is -4.48. The quantitative estimate of drug-likeness (QED) is 0.443. The molecule has 1 N–H and O–H groups in total. The van der Waals surface area contributed by atoms with Gasteiger partial charge in [-0.3, -0.25) is 9.78 Å². The number of fused-ring (bicyclic) bond motifs is 1. The van der Waals surface area contributed by atoms with Gasteiger partial charge in [0.1, 0.15) is 4.88 Å². The van der Waals surface area contributed by atoms with Gasteiger partial charge in [0.25, 0.3) is 5.91 Å². The summed E-state index contributed by atoms with van der Waals surface area (Å²) in [6.45, 7) is 0.332. The second-order valence-corrected chi connectivity index (χ2v) is 8.02. The van der Waals surface area contributed by atoms with Gasteiger partial charge in [0, 0.05) is 23.2 Å². The molecule has 0 atom stereocenters. The van der Waals surface area contributed by atoms with Gasteiger partial charge >= 0.3 is 6.18 Å². The van der Waals surface area contributed by atoms with E-state index in [4.69, 9.17) is 0 Å². The number of rotatable bonds is 4. The molecule has 0 fully saturated rings. The highest BCUT2D eigenvalue weighted by Crippen LogP contribution is 2.41. The molecule has 0 unspecified atom stereocenters. The molecule has 0 aliphatic heterocycles. The smallest absolute Gasteiger partial charge is 0.347 e. The Morgan fingerprint density at radius 1 is 1.11 bits per heavy atom. The molecule has 8 heteroatoms. The summed E-state index contributed by atoms with van der Waals surface area (Å²) in [7, 11) is 0. The van der Waals surface area contributed by atoms with E-state index < -0.39 is 11.7 Å². The molecule has 4 rings (SSSR count). The molecule has 0 radical (unpaired) electrons. The lowest BCUT2D eigenvalue weighted by Gasteiger charge is -2.06. The lowest BCUT2D eigenvalue weighted by molar-refractivity contribution is -0.137. The van der Waals surface area contributed by atoms with Gasteiger partial charge in [0.15, 0.2) is 0 Å². The van der Waals surface area contributed by atoms with Crippen LogP contribution in [-0.4, -0.2) is 10.9 Å². The zero-order valence-corrected chi connectivity index (χ0v) is 15.9. The lowest BCUT2D eigenvalue weighted by atomic mass is 10.1. The molecular weight excluding hydrogens is 405 g/mol. The molecule has 3 nitrogen and oxygen atoms in total. The van der Waals surface area contributed by atoms with Crippen molar-refractivity contribution < 1.29 is 18.0 Å². The first-order valence-corrected chi connectivity index (χ1v) is 9.99. The van der Waals surface area contributed by atoms with Crippen LogP contribution in [0.1, 0.15) is 20.8 Å². The Labute approximate surface area is 166 Å². The number of thiophene rings is 2. The van der Waals surface area contributed by atoms with Crippen molar-refractivity contribution in [2.75, 3.05) is 0 Å². The lowest BCUT2D eigenvalue weighted by Crippen LogP contribution is -2.22. The Bertz CT molecular complexity index is 1120. The number of hydrogen-bond donors (Lipinski definition) is 1. The summed E-state index contributed by atoms with van der Waals surface area (Å²) in [4.78, 5) is 18.0. The van der Waals surface area contributed by atoms with Crippen molar-refractivity contribution in [3.8, 4) is 10.4 Å². The van der Waals surface area contributed by atoms with Crippen LogP contribution in [0.25, 0.3) is 20.7 Å². The highest BCUT2D eigenvalue weighted by Gasteiger charge is 2.32. The van der Waals surface area contributed by atoms with Crippen LogP contribution in [0.15, 0.2) is 60.1 Å². The van der Waals surface area contributed by atoms with E-state index in [1.165, 1.54) is 11.3 Å². The maximum absolute atomic E-state index is 13.1. The second-order valence-electron chi connectivity index (χ2n) is 6.02. The van der Waals surface area contributed by atoms with E-state index in [0.29, 0.717) is 27.2 Å². The zero-order valence-electron chi connectivity index (χ0n) is 14.3. The second kappa shape index (κ2) is 7.37. The highest BCUT2D eigenvalue weighted by atomic mass is 32.1. The third-order valence-electron chi connectivity index (χ3n) is 4.13. The molecule has 3 aromatic heterocycles. The first kappa shape index (κ1) is 18.6. The summed E-state index contributed by atoms with van der Waals surface area (Å²) in [6, 6.07) is 14.1. The van der Waals surface area contributed by atoms with Gasteiger partial charge < -0.3 is 5.32 Å². The minimum absolute atomic E-state index is 0.330. The monoisotopic (exact) mass is 418 g/mol. The Hall–Kier alpha value is -2.71. The van der Waals surface area contributed by atoms with Crippen LogP contribution in [0.3, 0.4) is 0 Å². The number of nitrogens with one attached hydrogen (secondary N) is 1. The topological polar surface area (TPSA) is 42.0 Å². The number of carbonyl (C=O) groups excluding carboxylic acids is 1. The summed E-state index contributed by atoms with van der Waals surface area (Å²) < 4.78 is 39.5. The normalized spacial score (nSPS) is 11.7.